The SMILES string of the molecule is CNC(=O)c1ccc(-c2n[nH]c(-c3ccc(C(F)(F)F)cc3)c2C)cc1. The van der Waals surface area contributed by atoms with Gasteiger partial charge in [0.05, 0.1) is 17.0 Å². The number of hydrogen-bond donors (Lipinski definition) is 2. The van der Waals surface area contributed by atoms with Gasteiger partial charge in [0.15, 0.2) is 0 Å². The Balaban J connectivity index is 1.92. The van der Waals surface area contributed by atoms with Gasteiger partial charge < -0.3 is 5.32 Å². The zero-order valence-corrected chi connectivity index (χ0v) is 14.1. The van der Waals surface area contributed by atoms with E-state index in [1.54, 1.807) is 31.3 Å². The third kappa shape index (κ3) is 3.33. The Morgan fingerprint density at radius 1 is 1.00 bits per heavy atom. The first-order chi connectivity index (χ1) is 12.3. The summed E-state index contributed by atoms with van der Waals surface area (Å²) in [5.41, 5.74) is 3.43. The fourth-order valence-electron chi connectivity index (χ4n) is 2.71. The average molecular weight is 359 g/mol. The fraction of sp³-hybridized carbons (Fsp3) is 0.158. The van der Waals surface area contributed by atoms with Gasteiger partial charge in [0.25, 0.3) is 5.91 Å². The summed E-state index contributed by atoms with van der Waals surface area (Å²) in [5, 5.41) is 9.72. The largest absolute Gasteiger partial charge is 0.416 e. The molecule has 3 rings (SSSR count). The number of amides is 1. The maximum atomic E-state index is 12.7. The normalized spacial score (nSPS) is 11.4. The molecular formula is C19H16F3N3O. The molecule has 7 heteroatoms. The van der Waals surface area contributed by atoms with Crippen molar-refractivity contribution in [3.8, 4) is 22.5 Å². The molecule has 0 spiro atoms. The lowest BCUT2D eigenvalue weighted by molar-refractivity contribution is -0.137. The highest BCUT2D eigenvalue weighted by Gasteiger charge is 2.30. The topological polar surface area (TPSA) is 57.8 Å². The van der Waals surface area contributed by atoms with E-state index in [9.17, 15) is 18.0 Å². The second kappa shape index (κ2) is 6.67. The number of carbonyl (C=O) groups excluding carboxylic acids is 1. The van der Waals surface area contributed by atoms with Gasteiger partial charge >= 0.3 is 6.18 Å². The molecule has 0 aliphatic heterocycles. The van der Waals surface area contributed by atoms with Crippen LogP contribution in [0.4, 0.5) is 13.2 Å². The van der Waals surface area contributed by atoms with E-state index in [0.717, 1.165) is 23.3 Å². The predicted octanol–water partition coefficient (Wildman–Crippen LogP) is 4.43. The van der Waals surface area contributed by atoms with Crippen molar-refractivity contribution < 1.29 is 18.0 Å². The highest BCUT2D eigenvalue weighted by molar-refractivity contribution is 5.94. The number of carbonyl (C=O) groups is 1. The van der Waals surface area contributed by atoms with Gasteiger partial charge in [0.2, 0.25) is 0 Å². The summed E-state index contributed by atoms with van der Waals surface area (Å²) in [6.07, 6.45) is -4.36. The van der Waals surface area contributed by atoms with E-state index in [1.165, 1.54) is 12.1 Å². The first-order valence-electron chi connectivity index (χ1n) is 7.86. The van der Waals surface area contributed by atoms with Gasteiger partial charge in [0, 0.05) is 23.7 Å². The molecule has 2 N–H and O–H groups in total. The lowest BCUT2D eigenvalue weighted by Crippen LogP contribution is -2.17. The standard InChI is InChI=1S/C19H16F3N3O/c1-11-16(12-3-5-14(6-4-12)18(26)23-2)24-25-17(11)13-7-9-15(10-8-13)19(20,21)22/h3-10H,1-2H3,(H,23,26)(H,24,25). The maximum absolute atomic E-state index is 12.7. The van der Waals surface area contributed by atoms with Crippen molar-refractivity contribution in [2.75, 3.05) is 7.05 Å². The summed E-state index contributed by atoms with van der Waals surface area (Å²) in [6, 6.07) is 11.9. The van der Waals surface area contributed by atoms with Crippen LogP contribution < -0.4 is 5.32 Å². The number of alkyl halides is 3. The van der Waals surface area contributed by atoms with Crippen LogP contribution in [-0.2, 0) is 6.18 Å². The molecule has 0 aliphatic rings. The van der Waals surface area contributed by atoms with Crippen LogP contribution in [0.2, 0.25) is 0 Å². The van der Waals surface area contributed by atoms with Crippen LogP contribution in [-0.4, -0.2) is 23.2 Å². The van der Waals surface area contributed by atoms with Gasteiger partial charge in [0.1, 0.15) is 0 Å². The number of rotatable bonds is 3. The summed E-state index contributed by atoms with van der Waals surface area (Å²) in [6.45, 7) is 1.85. The lowest BCUT2D eigenvalue weighted by atomic mass is 10.0. The molecule has 1 aromatic heterocycles. The molecule has 0 atom stereocenters. The summed E-state index contributed by atoms with van der Waals surface area (Å²) in [5.74, 6) is -0.180. The molecule has 0 saturated heterocycles. The molecule has 26 heavy (non-hydrogen) atoms. The van der Waals surface area contributed by atoms with Crippen LogP contribution in [0.5, 0.6) is 0 Å². The molecule has 0 fully saturated rings. The molecule has 4 nitrogen and oxygen atoms in total. The number of benzene rings is 2. The molecule has 0 unspecified atom stereocenters. The fourth-order valence-corrected chi connectivity index (χ4v) is 2.71. The van der Waals surface area contributed by atoms with Gasteiger partial charge in [-0.15, -0.1) is 0 Å². The molecular weight excluding hydrogens is 343 g/mol. The molecule has 0 saturated carbocycles. The van der Waals surface area contributed by atoms with E-state index < -0.39 is 11.7 Å². The first kappa shape index (κ1) is 17.7. The Kier molecular flexibility index (Phi) is 4.54. The Morgan fingerprint density at radius 3 is 2.12 bits per heavy atom. The van der Waals surface area contributed by atoms with Gasteiger partial charge in [-0.25, -0.2) is 0 Å². The van der Waals surface area contributed by atoms with Gasteiger partial charge in [-0.05, 0) is 36.8 Å². The number of nitrogens with one attached hydrogen (secondary N) is 2. The number of halogens is 3. The van der Waals surface area contributed by atoms with Crippen molar-refractivity contribution in [3.05, 3.63) is 65.2 Å². The lowest BCUT2D eigenvalue weighted by Gasteiger charge is -2.07. The monoisotopic (exact) mass is 359 g/mol. The Labute approximate surface area is 148 Å². The van der Waals surface area contributed by atoms with E-state index in [0.29, 0.717) is 22.5 Å². The number of aromatic nitrogens is 2. The Bertz CT molecular complexity index is 926. The van der Waals surface area contributed by atoms with Crippen molar-refractivity contribution in [2.24, 2.45) is 0 Å². The zero-order chi connectivity index (χ0) is 18.9. The van der Waals surface area contributed by atoms with E-state index in [2.05, 4.69) is 15.5 Å². The van der Waals surface area contributed by atoms with Crippen molar-refractivity contribution in [3.63, 3.8) is 0 Å². The molecule has 0 radical (unpaired) electrons. The summed E-state index contributed by atoms with van der Waals surface area (Å²) in [4.78, 5) is 11.6. The van der Waals surface area contributed by atoms with Crippen LogP contribution in [0.15, 0.2) is 48.5 Å². The van der Waals surface area contributed by atoms with Crippen LogP contribution in [0.3, 0.4) is 0 Å². The predicted molar refractivity (Wildman–Crippen MR) is 92.6 cm³/mol. The summed E-state index contributed by atoms with van der Waals surface area (Å²) in [7, 11) is 1.56. The van der Waals surface area contributed by atoms with Gasteiger partial charge in [-0.2, -0.15) is 18.3 Å². The van der Waals surface area contributed by atoms with Crippen molar-refractivity contribution in [2.45, 2.75) is 13.1 Å². The van der Waals surface area contributed by atoms with Crippen molar-refractivity contribution >= 4 is 5.91 Å². The maximum Gasteiger partial charge on any atom is 0.416 e. The smallest absolute Gasteiger partial charge is 0.355 e. The minimum atomic E-state index is -4.36. The minimum Gasteiger partial charge on any atom is -0.355 e. The summed E-state index contributed by atoms with van der Waals surface area (Å²) < 4.78 is 38.1. The second-order valence-electron chi connectivity index (χ2n) is 5.80. The van der Waals surface area contributed by atoms with Crippen molar-refractivity contribution in [1.82, 2.24) is 15.5 Å². The van der Waals surface area contributed by atoms with Crippen molar-refractivity contribution in [1.29, 1.82) is 0 Å². The van der Waals surface area contributed by atoms with E-state index in [4.69, 9.17) is 0 Å². The molecule has 134 valence electrons. The summed E-state index contributed by atoms with van der Waals surface area (Å²) >= 11 is 0. The van der Waals surface area contributed by atoms with Crippen LogP contribution in [0.25, 0.3) is 22.5 Å². The van der Waals surface area contributed by atoms with Crippen LogP contribution in [0.1, 0.15) is 21.5 Å². The second-order valence-corrected chi connectivity index (χ2v) is 5.80. The third-order valence-corrected chi connectivity index (χ3v) is 4.16. The minimum absolute atomic E-state index is 0.180. The molecule has 0 aliphatic carbocycles. The van der Waals surface area contributed by atoms with E-state index >= 15 is 0 Å². The van der Waals surface area contributed by atoms with Gasteiger partial charge in [-0.3, -0.25) is 9.89 Å². The highest BCUT2D eigenvalue weighted by Crippen LogP contribution is 2.33. The molecule has 0 bridgehead atoms. The first-order valence-corrected chi connectivity index (χ1v) is 7.86. The highest BCUT2D eigenvalue weighted by atomic mass is 19.4. The molecule has 1 amide bonds. The quantitative estimate of drug-likeness (QED) is 0.727. The zero-order valence-electron chi connectivity index (χ0n) is 14.1. The molecule has 3 aromatic rings. The van der Waals surface area contributed by atoms with E-state index in [-0.39, 0.29) is 5.91 Å². The average Bonchev–Trinajstić information content (AvgIpc) is 3.02. The molecule has 1 heterocycles. The number of nitrogens with zero attached hydrogens (tertiary/aromatic N) is 1. The Hall–Kier alpha value is -3.09. The van der Waals surface area contributed by atoms with E-state index in [1.807, 2.05) is 6.92 Å². The van der Waals surface area contributed by atoms with Crippen LogP contribution in [0, 0.1) is 6.92 Å². The van der Waals surface area contributed by atoms with Crippen LogP contribution >= 0.6 is 0 Å². The Morgan fingerprint density at radius 2 is 1.58 bits per heavy atom. The number of H-pyrrole nitrogens is 1. The number of hydrogen-bond acceptors (Lipinski definition) is 2. The van der Waals surface area contributed by atoms with Gasteiger partial charge in [-0.1, -0.05) is 24.3 Å². The third-order valence-electron chi connectivity index (χ3n) is 4.16. The molecule has 2 aromatic carbocycles. The number of aromatic amines is 1.